The van der Waals surface area contributed by atoms with E-state index >= 15 is 0 Å². The predicted octanol–water partition coefficient (Wildman–Crippen LogP) is 1.87. The minimum absolute atomic E-state index is 0.000789. The Balaban J connectivity index is -0.000000901. The highest BCUT2D eigenvalue weighted by Crippen LogP contribution is 2.05. The number of amides is 4. The molecular formula is C28H58N6O5. The van der Waals surface area contributed by atoms with Crippen molar-refractivity contribution in [3.63, 3.8) is 0 Å². The summed E-state index contributed by atoms with van der Waals surface area (Å²) in [7, 11) is 1.92. The van der Waals surface area contributed by atoms with Crippen LogP contribution >= 0.6 is 0 Å². The first kappa shape index (κ1) is 41.0. The van der Waals surface area contributed by atoms with E-state index in [1.165, 1.54) is 4.90 Å². The van der Waals surface area contributed by atoms with Crippen LogP contribution < -0.4 is 27.4 Å². The Bertz CT molecular complexity index is 632. The van der Waals surface area contributed by atoms with Gasteiger partial charge in [-0.3, -0.25) is 24.1 Å². The summed E-state index contributed by atoms with van der Waals surface area (Å²) in [5.41, 5.74) is 10.0. The highest BCUT2D eigenvalue weighted by molar-refractivity contribution is 5.81. The molecule has 230 valence electrons. The number of nitrogens with one attached hydrogen (secondary N) is 3. The molecule has 0 atom stereocenters. The number of hydrogen-bond acceptors (Lipinski definition) is 7. The highest BCUT2D eigenvalue weighted by Gasteiger charge is 2.14. The van der Waals surface area contributed by atoms with Crippen molar-refractivity contribution in [2.24, 2.45) is 17.4 Å². The smallest absolute Gasteiger partial charge is 0.234 e. The minimum atomic E-state index is -0.318. The molecule has 4 amide bonds. The molecule has 0 rings (SSSR count). The molecule has 7 N–H and O–H groups in total. The van der Waals surface area contributed by atoms with Crippen molar-refractivity contribution >= 4 is 29.9 Å². The maximum atomic E-state index is 12.0. The maximum Gasteiger partial charge on any atom is 0.234 e. The van der Waals surface area contributed by atoms with Crippen molar-refractivity contribution in [1.29, 1.82) is 0 Å². The van der Waals surface area contributed by atoms with Gasteiger partial charge in [0.15, 0.2) is 0 Å². The molecule has 11 nitrogen and oxygen atoms in total. The van der Waals surface area contributed by atoms with Crippen LogP contribution in [0, 0.1) is 5.92 Å². The van der Waals surface area contributed by atoms with Crippen LogP contribution in [0.5, 0.6) is 0 Å². The van der Waals surface area contributed by atoms with E-state index in [-0.39, 0.29) is 43.3 Å². The number of rotatable bonds is 23. The molecule has 0 unspecified atom stereocenters. The van der Waals surface area contributed by atoms with E-state index in [0.717, 1.165) is 57.9 Å². The lowest BCUT2D eigenvalue weighted by atomic mass is 10.1. The molecule has 0 aromatic carbocycles. The number of primary amides is 2. The molecule has 0 spiro atoms. The minimum Gasteiger partial charge on any atom is -0.370 e. The van der Waals surface area contributed by atoms with Gasteiger partial charge in [-0.15, -0.1) is 0 Å². The van der Waals surface area contributed by atoms with Gasteiger partial charge in [-0.25, -0.2) is 0 Å². The fraction of sp³-hybridized carbons (Fsp3) is 0.821. The first-order valence-electron chi connectivity index (χ1n) is 14.5. The van der Waals surface area contributed by atoms with E-state index in [9.17, 15) is 24.0 Å². The highest BCUT2D eigenvalue weighted by atomic mass is 16.2. The van der Waals surface area contributed by atoms with Crippen molar-refractivity contribution in [3.05, 3.63) is 0 Å². The van der Waals surface area contributed by atoms with Gasteiger partial charge in [-0.2, -0.15) is 0 Å². The average Bonchev–Trinajstić information content (AvgIpc) is 2.87. The number of nitrogens with zero attached hydrogens (tertiary/aromatic N) is 1. The van der Waals surface area contributed by atoms with Crippen LogP contribution in [0.1, 0.15) is 98.3 Å². The summed E-state index contributed by atoms with van der Waals surface area (Å²) < 4.78 is 0. The van der Waals surface area contributed by atoms with Crippen LogP contribution in [0.2, 0.25) is 0 Å². The zero-order chi connectivity index (χ0) is 30.3. The third kappa shape index (κ3) is 37.7. The van der Waals surface area contributed by atoms with Gasteiger partial charge in [0, 0.05) is 25.9 Å². The standard InChI is InChI=1S/C19H36N4O4.C7H16N2O.C2H6/c1-16(2)8-5-7-11-22-19(27)15-23(12-13-24)14-18(26)21-10-6-3-4-9-17(20)25;1-9-6-4-2-3-5-7(8)10;1-2/h13,16H,3-12,14-15H2,1-2H3,(H2,20,25)(H,21,26)(H,22,27);9H,2-6H2,1H3,(H2,8,10);1-2H3. The van der Waals surface area contributed by atoms with E-state index in [1.54, 1.807) is 0 Å². The van der Waals surface area contributed by atoms with Crippen molar-refractivity contribution in [3.8, 4) is 0 Å². The van der Waals surface area contributed by atoms with Crippen LogP contribution in [-0.4, -0.2) is 81.1 Å². The van der Waals surface area contributed by atoms with Gasteiger partial charge in [0.05, 0.1) is 19.6 Å². The SMILES string of the molecule is CC.CC(C)CCCCNC(=O)CN(CC=O)CC(=O)NCCCCCC(N)=O.CNCCCCCC(N)=O. The zero-order valence-electron chi connectivity index (χ0n) is 25.3. The van der Waals surface area contributed by atoms with Crippen molar-refractivity contribution < 1.29 is 24.0 Å². The molecule has 0 bridgehead atoms. The van der Waals surface area contributed by atoms with Crippen LogP contribution in [0.15, 0.2) is 0 Å². The lowest BCUT2D eigenvalue weighted by molar-refractivity contribution is -0.126. The van der Waals surface area contributed by atoms with Gasteiger partial charge in [0.25, 0.3) is 0 Å². The van der Waals surface area contributed by atoms with E-state index in [1.807, 2.05) is 20.9 Å². The second-order valence-corrected chi connectivity index (χ2v) is 9.58. The summed E-state index contributed by atoms with van der Waals surface area (Å²) in [6.45, 7) is 10.5. The van der Waals surface area contributed by atoms with Gasteiger partial charge < -0.3 is 32.2 Å². The van der Waals surface area contributed by atoms with Crippen molar-refractivity contribution in [2.45, 2.75) is 98.3 Å². The summed E-state index contributed by atoms with van der Waals surface area (Å²) in [5.74, 6) is -0.256. The number of carbonyl (C=O) groups excluding carboxylic acids is 5. The zero-order valence-corrected chi connectivity index (χ0v) is 25.3. The Morgan fingerprint density at radius 2 is 1.15 bits per heavy atom. The molecule has 0 heterocycles. The molecule has 0 saturated heterocycles. The van der Waals surface area contributed by atoms with Crippen LogP contribution in [0.3, 0.4) is 0 Å². The Morgan fingerprint density at radius 1 is 0.718 bits per heavy atom. The summed E-state index contributed by atoms with van der Waals surface area (Å²) in [5, 5.41) is 8.63. The molecule has 0 saturated carbocycles. The Hall–Kier alpha value is -2.53. The van der Waals surface area contributed by atoms with Gasteiger partial charge in [-0.1, -0.05) is 53.4 Å². The predicted molar refractivity (Wildman–Crippen MR) is 158 cm³/mol. The molecule has 0 aliphatic carbocycles. The second-order valence-electron chi connectivity index (χ2n) is 9.58. The lowest BCUT2D eigenvalue weighted by Crippen LogP contribution is -2.44. The Labute approximate surface area is 237 Å². The van der Waals surface area contributed by atoms with Crippen LogP contribution in [-0.2, 0) is 24.0 Å². The maximum absolute atomic E-state index is 12.0. The molecule has 0 aliphatic heterocycles. The fourth-order valence-electron chi connectivity index (χ4n) is 3.32. The van der Waals surface area contributed by atoms with Gasteiger partial charge >= 0.3 is 0 Å². The van der Waals surface area contributed by atoms with Gasteiger partial charge in [-0.05, 0) is 51.6 Å². The number of nitrogens with two attached hydrogens (primary N) is 2. The summed E-state index contributed by atoms with van der Waals surface area (Å²) in [6.07, 6.45) is 10.1. The number of hydrogen-bond donors (Lipinski definition) is 5. The molecule has 0 aliphatic rings. The number of carbonyl (C=O) groups is 5. The van der Waals surface area contributed by atoms with E-state index in [0.29, 0.717) is 44.6 Å². The Kier molecular flexibility index (Phi) is 33.3. The number of unbranched alkanes of at least 4 members (excludes halogenated alkanes) is 5. The lowest BCUT2D eigenvalue weighted by Gasteiger charge is -2.18. The molecule has 39 heavy (non-hydrogen) atoms. The molecule has 0 fully saturated rings. The third-order valence-electron chi connectivity index (χ3n) is 5.37. The quantitative estimate of drug-likeness (QED) is 0.0938. The van der Waals surface area contributed by atoms with Crippen molar-refractivity contribution in [2.75, 3.05) is 46.3 Å². The van der Waals surface area contributed by atoms with Crippen molar-refractivity contribution in [1.82, 2.24) is 20.9 Å². The fourth-order valence-corrected chi connectivity index (χ4v) is 3.32. The third-order valence-corrected chi connectivity index (χ3v) is 5.37. The molecule has 0 aromatic rings. The summed E-state index contributed by atoms with van der Waals surface area (Å²) >= 11 is 0. The summed E-state index contributed by atoms with van der Waals surface area (Å²) in [6, 6.07) is 0. The second kappa shape index (κ2) is 31.7. The first-order valence-corrected chi connectivity index (χ1v) is 14.5. The van der Waals surface area contributed by atoms with Crippen LogP contribution in [0.4, 0.5) is 0 Å². The van der Waals surface area contributed by atoms with E-state index in [2.05, 4.69) is 29.8 Å². The van der Waals surface area contributed by atoms with E-state index in [4.69, 9.17) is 11.5 Å². The first-order chi connectivity index (χ1) is 18.6. The van der Waals surface area contributed by atoms with Crippen LogP contribution in [0.25, 0.3) is 0 Å². The molecule has 0 aromatic heterocycles. The topological polar surface area (TPSA) is 177 Å². The van der Waals surface area contributed by atoms with Gasteiger partial charge in [0.2, 0.25) is 23.6 Å². The normalized spacial score (nSPS) is 10.1. The molecular weight excluding hydrogens is 500 g/mol. The monoisotopic (exact) mass is 558 g/mol. The largest absolute Gasteiger partial charge is 0.370 e. The molecule has 0 radical (unpaired) electrons. The number of aldehydes is 1. The van der Waals surface area contributed by atoms with Gasteiger partial charge in [0.1, 0.15) is 6.29 Å². The average molecular weight is 559 g/mol. The Morgan fingerprint density at radius 3 is 1.54 bits per heavy atom. The molecule has 11 heteroatoms. The summed E-state index contributed by atoms with van der Waals surface area (Å²) in [4.78, 5) is 57.1. The van der Waals surface area contributed by atoms with E-state index < -0.39 is 0 Å².